The van der Waals surface area contributed by atoms with E-state index in [1.807, 2.05) is 23.1 Å². The number of nitrogens with zero attached hydrogens (tertiary/aromatic N) is 5. The molecule has 5 rings (SSSR count). The molecular formula is C22H21N5OS. The first-order valence-electron chi connectivity index (χ1n) is 9.71. The van der Waals surface area contributed by atoms with Gasteiger partial charge in [-0.2, -0.15) is 0 Å². The Morgan fingerprint density at radius 3 is 2.52 bits per heavy atom. The predicted molar refractivity (Wildman–Crippen MR) is 116 cm³/mol. The zero-order chi connectivity index (χ0) is 19.6. The van der Waals surface area contributed by atoms with Crippen LogP contribution in [0.4, 0.5) is 5.95 Å². The second-order valence-electron chi connectivity index (χ2n) is 7.07. The fourth-order valence-corrected chi connectivity index (χ4v) is 4.61. The Balaban J connectivity index is 1.35. The topological polar surface area (TPSA) is 54.3 Å². The Kier molecular flexibility index (Phi) is 4.73. The summed E-state index contributed by atoms with van der Waals surface area (Å²) in [7, 11) is 0. The number of fused-ring (bicyclic) bond motifs is 1. The molecule has 0 saturated carbocycles. The van der Waals surface area contributed by atoms with E-state index in [1.54, 1.807) is 23.7 Å². The van der Waals surface area contributed by atoms with E-state index >= 15 is 0 Å². The number of thiophene rings is 1. The van der Waals surface area contributed by atoms with Crippen LogP contribution in [-0.4, -0.2) is 51.5 Å². The van der Waals surface area contributed by atoms with Crippen LogP contribution in [0.15, 0.2) is 66.3 Å². The quantitative estimate of drug-likeness (QED) is 0.523. The first-order valence-corrected chi connectivity index (χ1v) is 10.6. The van der Waals surface area contributed by atoms with Crippen molar-refractivity contribution in [3.8, 4) is 10.6 Å². The zero-order valence-corrected chi connectivity index (χ0v) is 16.8. The van der Waals surface area contributed by atoms with Crippen molar-refractivity contribution in [3.05, 3.63) is 66.3 Å². The van der Waals surface area contributed by atoms with Crippen LogP contribution in [0.25, 0.3) is 21.5 Å². The summed E-state index contributed by atoms with van der Waals surface area (Å²) in [5.41, 5.74) is 2.20. The van der Waals surface area contributed by atoms with E-state index in [1.165, 1.54) is 4.88 Å². The molecule has 0 unspecified atom stereocenters. The summed E-state index contributed by atoms with van der Waals surface area (Å²) in [6.07, 6.45) is 3.51. The van der Waals surface area contributed by atoms with Gasteiger partial charge in [-0.25, -0.2) is 9.97 Å². The van der Waals surface area contributed by atoms with Crippen LogP contribution in [0, 0.1) is 0 Å². The Morgan fingerprint density at radius 1 is 0.966 bits per heavy atom. The van der Waals surface area contributed by atoms with Crippen molar-refractivity contribution in [1.29, 1.82) is 0 Å². The van der Waals surface area contributed by atoms with Crippen molar-refractivity contribution < 1.29 is 4.79 Å². The van der Waals surface area contributed by atoms with Crippen molar-refractivity contribution in [2.45, 2.75) is 6.54 Å². The molecule has 0 radical (unpaired) electrons. The van der Waals surface area contributed by atoms with Crippen LogP contribution in [0.3, 0.4) is 0 Å². The molecule has 4 heterocycles. The van der Waals surface area contributed by atoms with E-state index in [9.17, 15) is 4.79 Å². The molecule has 1 aliphatic heterocycles. The predicted octanol–water partition coefficient (Wildman–Crippen LogP) is 3.51. The fraction of sp³-hybridized carbons (Fsp3) is 0.227. The Morgan fingerprint density at radius 2 is 1.76 bits per heavy atom. The van der Waals surface area contributed by atoms with Crippen LogP contribution < -0.4 is 4.90 Å². The number of para-hydroxylation sites is 1. The molecule has 1 aliphatic rings. The van der Waals surface area contributed by atoms with Crippen molar-refractivity contribution >= 4 is 34.1 Å². The molecule has 0 spiro atoms. The summed E-state index contributed by atoms with van der Waals surface area (Å²) in [5, 5.41) is 3.24. The lowest BCUT2D eigenvalue weighted by Gasteiger charge is -2.34. The van der Waals surface area contributed by atoms with E-state index in [-0.39, 0.29) is 5.91 Å². The molecule has 6 nitrogen and oxygen atoms in total. The molecule has 3 aromatic heterocycles. The minimum absolute atomic E-state index is 0.151. The number of anilines is 1. The molecule has 0 N–H and O–H groups in total. The third kappa shape index (κ3) is 3.49. The molecule has 4 aromatic rings. The number of benzene rings is 1. The first-order chi connectivity index (χ1) is 14.3. The summed E-state index contributed by atoms with van der Waals surface area (Å²) in [6, 6.07) is 16.4. The average Bonchev–Trinajstić information content (AvgIpc) is 3.43. The van der Waals surface area contributed by atoms with Crippen LogP contribution in [0.5, 0.6) is 0 Å². The maximum absolute atomic E-state index is 13.1. The number of carbonyl (C=O) groups excluding carboxylic acids is 1. The van der Waals surface area contributed by atoms with E-state index in [0.29, 0.717) is 19.6 Å². The molecule has 29 heavy (non-hydrogen) atoms. The zero-order valence-electron chi connectivity index (χ0n) is 15.9. The third-order valence-corrected chi connectivity index (χ3v) is 6.24. The minimum Gasteiger partial charge on any atom is -0.338 e. The van der Waals surface area contributed by atoms with Crippen LogP contribution in [-0.2, 0) is 11.3 Å². The van der Waals surface area contributed by atoms with Crippen molar-refractivity contribution in [2.75, 3.05) is 31.1 Å². The molecule has 7 heteroatoms. The third-order valence-electron chi connectivity index (χ3n) is 5.34. The lowest BCUT2D eigenvalue weighted by atomic mass is 10.2. The molecule has 0 aliphatic carbocycles. The van der Waals surface area contributed by atoms with Gasteiger partial charge >= 0.3 is 0 Å². The molecule has 1 aromatic carbocycles. The maximum atomic E-state index is 13.1. The van der Waals surface area contributed by atoms with Gasteiger partial charge in [0.05, 0.1) is 10.6 Å². The highest BCUT2D eigenvalue weighted by Crippen LogP contribution is 2.31. The first kappa shape index (κ1) is 17.9. The summed E-state index contributed by atoms with van der Waals surface area (Å²) in [4.78, 5) is 27.0. The van der Waals surface area contributed by atoms with Crippen molar-refractivity contribution in [1.82, 2.24) is 19.4 Å². The van der Waals surface area contributed by atoms with Crippen LogP contribution in [0.2, 0.25) is 0 Å². The van der Waals surface area contributed by atoms with Gasteiger partial charge in [-0.15, -0.1) is 11.3 Å². The molecule has 1 saturated heterocycles. The highest BCUT2D eigenvalue weighted by Gasteiger charge is 2.24. The molecule has 1 amide bonds. The second-order valence-corrected chi connectivity index (χ2v) is 8.02. The van der Waals surface area contributed by atoms with Crippen LogP contribution in [0.1, 0.15) is 0 Å². The minimum atomic E-state index is 0.151. The highest BCUT2D eigenvalue weighted by molar-refractivity contribution is 7.13. The van der Waals surface area contributed by atoms with E-state index in [2.05, 4.69) is 55.1 Å². The van der Waals surface area contributed by atoms with Gasteiger partial charge in [-0.05, 0) is 29.6 Å². The summed E-state index contributed by atoms with van der Waals surface area (Å²) in [6.45, 7) is 3.22. The lowest BCUT2D eigenvalue weighted by Crippen LogP contribution is -2.50. The number of rotatable bonds is 4. The van der Waals surface area contributed by atoms with Crippen molar-refractivity contribution in [3.63, 3.8) is 0 Å². The fourth-order valence-electron chi connectivity index (χ4n) is 3.85. The smallest absolute Gasteiger partial charge is 0.242 e. The summed E-state index contributed by atoms with van der Waals surface area (Å²) < 4.78 is 2.15. The second kappa shape index (κ2) is 7.67. The van der Waals surface area contributed by atoms with E-state index in [4.69, 9.17) is 0 Å². The molecule has 146 valence electrons. The Hall–Kier alpha value is -3.19. The van der Waals surface area contributed by atoms with Gasteiger partial charge in [-0.3, -0.25) is 4.79 Å². The number of aromatic nitrogens is 3. The lowest BCUT2D eigenvalue weighted by molar-refractivity contribution is -0.132. The van der Waals surface area contributed by atoms with Gasteiger partial charge < -0.3 is 14.4 Å². The average molecular weight is 404 g/mol. The number of hydrogen-bond donors (Lipinski definition) is 0. The van der Waals surface area contributed by atoms with Gasteiger partial charge in [0, 0.05) is 49.5 Å². The molecule has 1 fully saturated rings. The molecule has 0 atom stereocenters. The van der Waals surface area contributed by atoms with Gasteiger partial charge in [0.25, 0.3) is 0 Å². The Labute approximate surface area is 173 Å². The number of carbonyl (C=O) groups is 1. The van der Waals surface area contributed by atoms with E-state index < -0.39 is 0 Å². The molecular weight excluding hydrogens is 382 g/mol. The summed E-state index contributed by atoms with van der Waals surface area (Å²) in [5.74, 6) is 0.883. The highest BCUT2D eigenvalue weighted by atomic mass is 32.1. The SMILES string of the molecule is O=C(Cn1c(-c2cccs2)cc2ccccc21)N1CCN(c2ncccn2)CC1. The van der Waals surface area contributed by atoms with Crippen molar-refractivity contribution in [2.24, 2.45) is 0 Å². The van der Waals surface area contributed by atoms with Crippen LogP contribution >= 0.6 is 11.3 Å². The molecule has 0 bridgehead atoms. The largest absolute Gasteiger partial charge is 0.338 e. The van der Waals surface area contributed by atoms with E-state index in [0.717, 1.165) is 35.6 Å². The number of piperazine rings is 1. The van der Waals surface area contributed by atoms with Gasteiger partial charge in [0.1, 0.15) is 6.54 Å². The van der Waals surface area contributed by atoms with Gasteiger partial charge in [0.15, 0.2) is 0 Å². The van der Waals surface area contributed by atoms with Gasteiger partial charge in [-0.1, -0.05) is 24.3 Å². The van der Waals surface area contributed by atoms with Gasteiger partial charge in [0.2, 0.25) is 11.9 Å². The number of amides is 1. The maximum Gasteiger partial charge on any atom is 0.242 e. The standard InChI is InChI=1S/C22H21N5OS/c28-21(25-10-12-26(13-11-25)22-23-8-4-9-24-22)16-27-18-6-2-1-5-17(18)15-19(27)20-7-3-14-29-20/h1-9,14-15H,10-13,16H2. The monoisotopic (exact) mass is 403 g/mol. The Bertz CT molecular complexity index is 1110. The normalized spacial score (nSPS) is 14.5. The number of hydrogen-bond acceptors (Lipinski definition) is 5. The summed E-state index contributed by atoms with van der Waals surface area (Å²) >= 11 is 1.70.